The van der Waals surface area contributed by atoms with E-state index in [-0.39, 0.29) is 115 Å². The van der Waals surface area contributed by atoms with E-state index < -0.39 is 12.6 Å². The molecule has 2 aliphatic heterocycles. The normalized spacial score (nSPS) is 30.6. The maximum absolute atomic E-state index is 12.8. The van der Waals surface area contributed by atoms with E-state index in [2.05, 4.69) is 24.3 Å². The third kappa shape index (κ3) is 8.90. The maximum atomic E-state index is 12.8. The zero-order valence-corrected chi connectivity index (χ0v) is 31.5. The van der Waals surface area contributed by atoms with Crippen LogP contribution < -0.4 is 0 Å². The maximum Gasteiger partial charge on any atom is 0.308 e. The van der Waals surface area contributed by atoms with Crippen molar-refractivity contribution < 1.29 is 67.2 Å². The van der Waals surface area contributed by atoms with Gasteiger partial charge in [-0.3, -0.25) is 38.6 Å². The quantitative estimate of drug-likeness (QED) is 0.0412. The number of esters is 2. The summed E-state index contributed by atoms with van der Waals surface area (Å²) in [6.45, 7) is 4.95. The summed E-state index contributed by atoms with van der Waals surface area (Å²) in [5, 5.41) is 0. The first kappa shape index (κ1) is 39.5. The minimum absolute atomic E-state index is 0. The number of amides is 4. The van der Waals surface area contributed by atoms with Crippen molar-refractivity contribution in [3.05, 3.63) is 24.3 Å². The molecule has 2 heterocycles. The van der Waals surface area contributed by atoms with Crippen molar-refractivity contribution >= 4 is 35.6 Å². The van der Waals surface area contributed by atoms with Gasteiger partial charge < -0.3 is 18.9 Å². The summed E-state index contributed by atoms with van der Waals surface area (Å²) < 4.78 is 21.8. The molecule has 0 aromatic carbocycles. The zero-order chi connectivity index (χ0) is 35.4. The van der Waals surface area contributed by atoms with Gasteiger partial charge in [-0.2, -0.15) is 0 Å². The summed E-state index contributed by atoms with van der Waals surface area (Å²) in [6, 6.07) is 0. The molecule has 6 aliphatic rings. The minimum atomic E-state index is -0.671. The van der Waals surface area contributed by atoms with Crippen molar-refractivity contribution in [2.75, 3.05) is 26.3 Å². The van der Waals surface area contributed by atoms with Crippen molar-refractivity contribution in [2.24, 2.45) is 47.3 Å². The van der Waals surface area contributed by atoms with Crippen LogP contribution >= 0.6 is 0 Å². The largest absolute Gasteiger partial charge is 0.436 e. The number of unbranched alkanes of at least 4 members (excludes halogenated alkanes) is 5. The van der Waals surface area contributed by atoms with Crippen LogP contribution in [0.5, 0.6) is 0 Å². The van der Waals surface area contributed by atoms with E-state index in [1.807, 2.05) is 0 Å². The fraction of sp³-hybridized carbons (Fsp3) is 0.737. The molecule has 13 heteroatoms. The summed E-state index contributed by atoms with van der Waals surface area (Å²) in [5.74, 6) is -0.543. The second-order valence-electron chi connectivity index (χ2n) is 14.8. The Labute approximate surface area is 313 Å². The Hall–Kier alpha value is -2.76. The SMILES string of the molecule is CC(OCCCCOC(C)OC(=O)CCCCCN1C(=O)C2C3C=CC(C3)C2C1=O)OC(=O)CCCCCN1C(=O)C2C3C=CC(C3)C2C1=O.[Ru]. The van der Waals surface area contributed by atoms with Crippen molar-refractivity contribution in [3.8, 4) is 0 Å². The predicted molar refractivity (Wildman–Crippen MR) is 178 cm³/mol. The standard InChI is InChI=1S/C38H52N2O10.Ru/c1-23(49-29(41)11-5-3-7-17-39-35(43)31-25-13-14-26(21-25)32(31)36(39)44)47-19-9-10-20-48-24(2)50-30(42)12-6-4-8-18-40-37(45)33-27-15-16-28(22-27)34(33)38(40)46;/h13-16,23-28,31-34H,3-12,17-22H2,1-2H3;. The van der Waals surface area contributed by atoms with Gasteiger partial charge in [0.25, 0.3) is 0 Å². The molecule has 10 unspecified atom stereocenters. The molecule has 4 bridgehead atoms. The first-order valence-electron chi connectivity index (χ1n) is 18.8. The third-order valence-electron chi connectivity index (χ3n) is 11.5. The van der Waals surface area contributed by atoms with Crippen LogP contribution in [0.4, 0.5) is 0 Å². The number of carbonyl (C=O) groups is 6. The van der Waals surface area contributed by atoms with Gasteiger partial charge in [0.1, 0.15) is 0 Å². The Morgan fingerprint density at radius 2 is 0.902 bits per heavy atom. The number of fused-ring (bicyclic) bond motifs is 10. The Morgan fingerprint density at radius 3 is 1.24 bits per heavy atom. The van der Waals surface area contributed by atoms with Gasteiger partial charge in [-0.25, -0.2) is 0 Å². The summed E-state index contributed by atoms with van der Waals surface area (Å²) in [4.78, 5) is 78.3. The van der Waals surface area contributed by atoms with Crippen molar-refractivity contribution in [3.63, 3.8) is 0 Å². The van der Waals surface area contributed by atoms with E-state index in [1.54, 1.807) is 13.8 Å². The third-order valence-corrected chi connectivity index (χ3v) is 11.5. The first-order chi connectivity index (χ1) is 24.1. The molecule has 4 amide bonds. The summed E-state index contributed by atoms with van der Waals surface area (Å²) >= 11 is 0. The van der Waals surface area contributed by atoms with Crippen LogP contribution in [0, 0.1) is 47.3 Å². The summed E-state index contributed by atoms with van der Waals surface area (Å²) in [7, 11) is 0. The predicted octanol–water partition coefficient (Wildman–Crippen LogP) is 4.31. The number of imide groups is 2. The van der Waals surface area contributed by atoms with E-state index in [4.69, 9.17) is 18.9 Å². The number of rotatable bonds is 21. The molecular formula is C38H52N2O10Ru. The molecule has 10 atom stereocenters. The number of hydrogen-bond acceptors (Lipinski definition) is 10. The van der Waals surface area contributed by atoms with Crippen molar-refractivity contribution in [1.82, 2.24) is 9.80 Å². The molecular weight excluding hydrogens is 745 g/mol. The molecule has 51 heavy (non-hydrogen) atoms. The van der Waals surface area contributed by atoms with Gasteiger partial charge >= 0.3 is 11.9 Å². The van der Waals surface area contributed by atoms with Crippen molar-refractivity contribution in [2.45, 2.75) is 103 Å². The van der Waals surface area contributed by atoms with Crippen LogP contribution in [-0.2, 0) is 67.2 Å². The Bertz CT molecular complexity index is 1220. The Balaban J connectivity index is 0.00000504. The van der Waals surface area contributed by atoms with Gasteiger partial charge in [-0.15, -0.1) is 0 Å². The second-order valence-corrected chi connectivity index (χ2v) is 14.8. The smallest absolute Gasteiger partial charge is 0.308 e. The van der Waals surface area contributed by atoms with Gasteiger partial charge in [0, 0.05) is 45.4 Å². The van der Waals surface area contributed by atoms with Crippen LogP contribution in [0.1, 0.15) is 90.9 Å². The van der Waals surface area contributed by atoms with E-state index in [1.165, 1.54) is 9.80 Å². The number of ether oxygens (including phenoxy) is 4. The molecule has 0 radical (unpaired) electrons. The summed E-state index contributed by atoms with van der Waals surface area (Å²) in [6.07, 6.45) is 14.8. The van der Waals surface area contributed by atoms with E-state index >= 15 is 0 Å². The monoisotopic (exact) mass is 798 g/mol. The molecule has 0 spiro atoms. The molecule has 0 aromatic rings. The Kier molecular flexibility index (Phi) is 13.8. The number of hydrogen-bond donors (Lipinski definition) is 0. The van der Waals surface area contributed by atoms with Crippen LogP contribution in [-0.4, -0.2) is 84.3 Å². The molecule has 0 N–H and O–H groups in total. The van der Waals surface area contributed by atoms with Crippen LogP contribution in [0.2, 0.25) is 0 Å². The molecule has 2 saturated heterocycles. The molecule has 282 valence electrons. The number of likely N-dealkylation sites (tertiary alicyclic amines) is 2. The van der Waals surface area contributed by atoms with Gasteiger partial charge in [0.15, 0.2) is 12.6 Å². The topological polar surface area (TPSA) is 146 Å². The van der Waals surface area contributed by atoms with Crippen molar-refractivity contribution in [1.29, 1.82) is 0 Å². The number of carbonyl (C=O) groups excluding carboxylic acids is 6. The average molecular weight is 798 g/mol. The van der Waals surface area contributed by atoms with Crippen LogP contribution in [0.25, 0.3) is 0 Å². The fourth-order valence-corrected chi connectivity index (χ4v) is 9.06. The molecule has 0 aromatic heterocycles. The van der Waals surface area contributed by atoms with Gasteiger partial charge in [0.05, 0.1) is 36.9 Å². The number of allylic oxidation sites excluding steroid dienone is 4. The van der Waals surface area contributed by atoms with E-state index in [0.717, 1.165) is 25.7 Å². The molecule has 6 rings (SSSR count). The molecule has 4 fully saturated rings. The van der Waals surface area contributed by atoms with Crippen LogP contribution in [0.15, 0.2) is 24.3 Å². The molecule has 2 saturated carbocycles. The fourth-order valence-electron chi connectivity index (χ4n) is 9.06. The first-order valence-corrected chi connectivity index (χ1v) is 18.8. The van der Waals surface area contributed by atoms with Gasteiger partial charge in [-0.05, 0) is 88.9 Å². The van der Waals surface area contributed by atoms with Crippen LogP contribution in [0.3, 0.4) is 0 Å². The van der Waals surface area contributed by atoms with Gasteiger partial charge in [0.2, 0.25) is 23.6 Å². The molecule has 4 aliphatic carbocycles. The Morgan fingerprint density at radius 1 is 0.569 bits per heavy atom. The average Bonchev–Trinajstić information content (AvgIpc) is 3.94. The summed E-state index contributed by atoms with van der Waals surface area (Å²) in [5.41, 5.74) is 0. The number of nitrogens with zero attached hydrogens (tertiary/aromatic N) is 2. The molecule has 12 nitrogen and oxygen atoms in total. The zero-order valence-electron chi connectivity index (χ0n) is 29.7. The second kappa shape index (κ2) is 17.8. The minimum Gasteiger partial charge on any atom is -0.436 e. The van der Waals surface area contributed by atoms with E-state index in [0.29, 0.717) is 64.8 Å². The van der Waals surface area contributed by atoms with Gasteiger partial charge in [-0.1, -0.05) is 37.1 Å². The van der Waals surface area contributed by atoms with E-state index in [9.17, 15) is 28.8 Å².